The second-order valence-electron chi connectivity index (χ2n) is 8.84. The van der Waals surface area contributed by atoms with Crippen molar-refractivity contribution in [1.82, 2.24) is 15.1 Å². The van der Waals surface area contributed by atoms with Crippen molar-refractivity contribution in [2.24, 2.45) is 11.3 Å². The molecular weight excluding hydrogens is 526 g/mol. The number of quaternary nitrogens is 1. The Labute approximate surface area is 175 Å². The third kappa shape index (κ3) is 4.40. The summed E-state index contributed by atoms with van der Waals surface area (Å²) in [4.78, 5) is 5.55. The number of piperidine rings is 1. The van der Waals surface area contributed by atoms with Crippen molar-refractivity contribution < 1.29 is 0.910 Å². The second-order valence-corrected chi connectivity index (χ2v) is 14.4. The quantitative estimate of drug-likeness (QED) is 0.424. The Bertz CT molecular complexity index is 413. The monoisotopic (exact) mass is 559 g/mol. The molecule has 4 rings (SSSR count). The molecule has 0 aromatic rings. The van der Waals surface area contributed by atoms with E-state index in [1.54, 1.807) is 0 Å². The maximum absolute atomic E-state index is 3.47. The van der Waals surface area contributed by atoms with Gasteiger partial charge in [-0.2, -0.15) is 0 Å². The molecule has 3 aliphatic heterocycles. The van der Waals surface area contributed by atoms with E-state index in [4.69, 9.17) is 0 Å². The third-order valence-electron chi connectivity index (χ3n) is 7.04. The number of hydrogen-bond donors (Lipinski definition) is 1. The zero-order chi connectivity index (χ0) is 16.6. The summed E-state index contributed by atoms with van der Waals surface area (Å²) >= 11 is 5.24. The lowest BCUT2D eigenvalue weighted by Gasteiger charge is -2.53. The molecular formula is C18H33I2N4+. The lowest BCUT2D eigenvalue weighted by molar-refractivity contribution is -0.656. The Morgan fingerprint density at radius 1 is 0.917 bits per heavy atom. The number of nitrogens with one attached hydrogen (secondary N) is 1. The topological polar surface area (TPSA) is 18.5 Å². The molecule has 0 unspecified atom stereocenters. The lowest BCUT2D eigenvalue weighted by Crippen LogP contribution is -2.60. The average molecular weight is 559 g/mol. The summed E-state index contributed by atoms with van der Waals surface area (Å²) in [5.41, 5.74) is 0.722. The van der Waals surface area contributed by atoms with Gasteiger partial charge in [0.05, 0.1) is 5.41 Å². The van der Waals surface area contributed by atoms with E-state index >= 15 is 0 Å². The van der Waals surface area contributed by atoms with Crippen molar-refractivity contribution >= 4 is 45.7 Å². The van der Waals surface area contributed by atoms with Crippen LogP contribution in [0.5, 0.6) is 0 Å². The normalized spacial score (nSPS) is 32.8. The Balaban J connectivity index is 1.18. The molecule has 0 bridgehead atoms. The number of piperazine rings is 1. The molecule has 0 aromatic heterocycles. The van der Waals surface area contributed by atoms with Crippen LogP contribution >= 0.6 is 45.7 Å². The first-order valence-corrected chi connectivity index (χ1v) is 11.9. The fraction of sp³-hybridized carbons (Fsp3) is 1.00. The molecule has 1 saturated carbocycles. The minimum atomic E-state index is 0.722. The first-order valence-electron chi connectivity index (χ1n) is 9.97. The highest BCUT2D eigenvalue weighted by Gasteiger charge is 2.55. The molecule has 4 fully saturated rings. The van der Waals surface area contributed by atoms with Crippen LogP contribution in [0.25, 0.3) is 0 Å². The van der Waals surface area contributed by atoms with E-state index in [1.807, 2.05) is 0 Å². The van der Waals surface area contributed by atoms with Crippen molar-refractivity contribution in [2.45, 2.75) is 44.6 Å². The summed E-state index contributed by atoms with van der Waals surface area (Å²) < 4.78 is 1.21. The molecule has 1 N–H and O–H groups in total. The van der Waals surface area contributed by atoms with Crippen LogP contribution in [0.4, 0.5) is 0 Å². The predicted octanol–water partition coefficient (Wildman–Crippen LogP) is 3.06. The maximum Gasteiger partial charge on any atom is 0.257 e. The van der Waals surface area contributed by atoms with Crippen LogP contribution in [0.1, 0.15) is 38.5 Å². The number of halogens is 2. The van der Waals surface area contributed by atoms with Crippen LogP contribution in [0.15, 0.2) is 0 Å². The zero-order valence-corrected chi connectivity index (χ0v) is 19.2. The molecule has 1 spiro atoms. The van der Waals surface area contributed by atoms with Crippen LogP contribution in [0.3, 0.4) is 0 Å². The molecule has 1 aliphatic carbocycles. The van der Waals surface area contributed by atoms with Gasteiger partial charge in [-0.1, -0.05) is 0 Å². The van der Waals surface area contributed by atoms with E-state index in [0.717, 1.165) is 17.4 Å². The first-order chi connectivity index (χ1) is 11.5. The highest BCUT2D eigenvalue weighted by atomic mass is 127. The summed E-state index contributed by atoms with van der Waals surface area (Å²) in [5, 5.41) is 3.47. The molecule has 3 saturated heterocycles. The number of likely N-dealkylation sites (tertiary alicyclic amines) is 1. The molecule has 4 nitrogen and oxygen atoms in total. The van der Waals surface area contributed by atoms with E-state index in [9.17, 15) is 0 Å². The Morgan fingerprint density at radius 3 is 2.12 bits per heavy atom. The van der Waals surface area contributed by atoms with Crippen LogP contribution < -0.4 is 5.32 Å². The zero-order valence-electron chi connectivity index (χ0n) is 14.9. The van der Waals surface area contributed by atoms with Gasteiger partial charge in [0.1, 0.15) is 13.1 Å². The van der Waals surface area contributed by atoms with E-state index in [1.165, 1.54) is 98.3 Å². The number of nitrogens with zero attached hydrogens (tertiary/aromatic N) is 3. The van der Waals surface area contributed by atoms with Crippen LogP contribution in [0, 0.1) is 11.3 Å². The smallest absolute Gasteiger partial charge is 0.257 e. The van der Waals surface area contributed by atoms with E-state index in [-0.39, 0.29) is 0 Å². The van der Waals surface area contributed by atoms with E-state index in [2.05, 4.69) is 60.8 Å². The highest BCUT2D eigenvalue weighted by molar-refractivity contribution is 14.2. The fourth-order valence-electron chi connectivity index (χ4n) is 5.59. The first kappa shape index (κ1) is 18.7. The van der Waals surface area contributed by atoms with Crippen LogP contribution in [-0.2, 0) is 0 Å². The summed E-state index contributed by atoms with van der Waals surface area (Å²) in [5.74, 6) is 0.955. The van der Waals surface area contributed by atoms with Gasteiger partial charge in [0.2, 0.25) is 0 Å². The minimum absolute atomic E-state index is 0.722. The minimum Gasteiger partial charge on any atom is -0.314 e. The Morgan fingerprint density at radius 2 is 1.54 bits per heavy atom. The van der Waals surface area contributed by atoms with Crippen molar-refractivity contribution in [3.05, 3.63) is 0 Å². The van der Waals surface area contributed by atoms with Crippen molar-refractivity contribution in [1.29, 1.82) is 0 Å². The summed E-state index contributed by atoms with van der Waals surface area (Å²) in [7, 11) is 0. The lowest BCUT2D eigenvalue weighted by atomic mass is 9.68. The van der Waals surface area contributed by atoms with Crippen molar-refractivity contribution in [2.75, 3.05) is 58.9 Å². The van der Waals surface area contributed by atoms with E-state index < -0.39 is 0 Å². The molecule has 0 aromatic carbocycles. The van der Waals surface area contributed by atoms with Gasteiger partial charge in [0.25, 0.3) is 45.7 Å². The van der Waals surface area contributed by atoms with Crippen LogP contribution in [-0.4, -0.2) is 75.7 Å². The molecule has 24 heavy (non-hydrogen) atoms. The summed E-state index contributed by atoms with van der Waals surface area (Å²) in [6.07, 6.45) is 8.79. The van der Waals surface area contributed by atoms with Gasteiger partial charge < -0.3 is 15.1 Å². The molecule has 0 atom stereocenters. The summed E-state index contributed by atoms with van der Waals surface area (Å²) in [6.45, 7) is 11.8. The molecule has 0 amide bonds. The van der Waals surface area contributed by atoms with E-state index in [0.29, 0.717) is 0 Å². The Hall–Kier alpha value is 1.30. The standard InChI is InChI=1S/C18H33I2N4/c19-24(20)14-18(15-24)5-1-17(2-6-18)23-9-3-16(4-10-23)13-22-11-7-21-8-12-22/h16-17,21H,1-15H2/q+1. The van der Waals surface area contributed by atoms with Crippen molar-refractivity contribution in [3.63, 3.8) is 0 Å². The van der Waals surface area contributed by atoms with Gasteiger partial charge in [0.15, 0.2) is 0 Å². The maximum atomic E-state index is 3.47. The highest BCUT2D eigenvalue weighted by Crippen LogP contribution is 2.53. The molecule has 138 valence electrons. The largest absolute Gasteiger partial charge is 0.314 e. The molecule has 4 aliphatic rings. The molecule has 0 radical (unpaired) electrons. The second kappa shape index (κ2) is 7.73. The Kier molecular flexibility index (Phi) is 6.01. The van der Waals surface area contributed by atoms with Gasteiger partial charge in [0, 0.05) is 38.8 Å². The SMILES string of the molecule is I[N+]1(I)CC2(CCC(N3CCC(CN4CCNCC4)CC3)CC2)C1. The average Bonchev–Trinajstić information content (AvgIpc) is 2.56. The van der Waals surface area contributed by atoms with Gasteiger partial charge in [-0.15, -0.1) is 0 Å². The fourth-order valence-corrected chi connectivity index (χ4v) is 8.49. The van der Waals surface area contributed by atoms with Gasteiger partial charge in [-0.05, 0) is 57.5 Å². The molecule has 6 heteroatoms. The van der Waals surface area contributed by atoms with Gasteiger partial charge >= 0.3 is 0 Å². The number of hydrogen-bond acceptors (Lipinski definition) is 3. The molecule has 3 heterocycles. The van der Waals surface area contributed by atoms with Crippen LogP contribution in [0.2, 0.25) is 0 Å². The third-order valence-corrected chi connectivity index (χ3v) is 8.41. The summed E-state index contributed by atoms with van der Waals surface area (Å²) in [6, 6.07) is 0.904. The van der Waals surface area contributed by atoms with Gasteiger partial charge in [-0.3, -0.25) is 0 Å². The van der Waals surface area contributed by atoms with Crippen molar-refractivity contribution in [3.8, 4) is 0 Å². The predicted molar refractivity (Wildman–Crippen MR) is 116 cm³/mol. The number of rotatable bonds is 3. The van der Waals surface area contributed by atoms with Gasteiger partial charge in [-0.25, -0.2) is 0.910 Å².